The number of nitrogens with zero attached hydrogens (tertiary/aromatic N) is 3. The summed E-state index contributed by atoms with van der Waals surface area (Å²) in [5.41, 5.74) is 7.95. The summed E-state index contributed by atoms with van der Waals surface area (Å²) in [5.74, 6) is 0.301. The molecule has 1 amide bonds. The zero-order valence-electron chi connectivity index (χ0n) is 16.4. The zero-order valence-corrected chi connectivity index (χ0v) is 17.2. The Morgan fingerprint density at radius 3 is 2.63 bits per heavy atom. The Kier molecular flexibility index (Phi) is 6.40. The highest BCUT2D eigenvalue weighted by Gasteiger charge is 2.15. The molecule has 2 aromatic carbocycles. The first-order chi connectivity index (χ1) is 14.4. The maximum absolute atomic E-state index is 11.6. The fourth-order valence-electron chi connectivity index (χ4n) is 2.97. The molecule has 152 valence electrons. The van der Waals surface area contributed by atoms with Crippen LogP contribution in [0.2, 0.25) is 5.02 Å². The van der Waals surface area contributed by atoms with Crippen LogP contribution in [0, 0.1) is 11.3 Å². The van der Waals surface area contributed by atoms with E-state index in [9.17, 15) is 10.1 Å². The number of nitrogens with two attached hydrogens (primary N) is 1. The molecule has 1 aromatic heterocycles. The summed E-state index contributed by atoms with van der Waals surface area (Å²) >= 11 is 6.08. The molecule has 0 aliphatic rings. The van der Waals surface area contributed by atoms with Gasteiger partial charge < -0.3 is 15.2 Å². The van der Waals surface area contributed by atoms with E-state index >= 15 is 0 Å². The Morgan fingerprint density at radius 2 is 2.00 bits per heavy atom. The Labute approximate surface area is 178 Å². The van der Waals surface area contributed by atoms with Crippen LogP contribution in [0.5, 0.6) is 11.5 Å². The Bertz CT molecular complexity index is 1160. The molecule has 30 heavy (non-hydrogen) atoms. The van der Waals surface area contributed by atoms with Gasteiger partial charge in [-0.2, -0.15) is 10.4 Å². The van der Waals surface area contributed by atoms with E-state index in [1.165, 1.54) is 6.08 Å². The molecule has 0 aliphatic heterocycles. The smallest absolute Gasteiger partial charge is 0.259 e. The number of rotatable bonds is 7. The molecule has 1 heterocycles. The normalized spacial score (nSPS) is 11.1. The van der Waals surface area contributed by atoms with Crippen molar-refractivity contribution in [3.63, 3.8) is 0 Å². The molecule has 0 aliphatic carbocycles. The highest BCUT2D eigenvalue weighted by atomic mass is 35.5. The SMILES string of the molecule is COc1ccc(-c2nn(Cc3cccc(Cl)c3)cc2C=C(C#N)C(N)=O)cc1OC. The average Bonchev–Trinajstić information content (AvgIpc) is 3.13. The molecular formula is C22H19ClN4O3. The fraction of sp³-hybridized carbons (Fsp3) is 0.136. The van der Waals surface area contributed by atoms with E-state index in [0.29, 0.717) is 34.3 Å². The minimum absolute atomic E-state index is 0.168. The van der Waals surface area contributed by atoms with Crippen LogP contribution in [0.15, 0.2) is 54.2 Å². The monoisotopic (exact) mass is 422 g/mol. The number of carbonyl (C=O) groups is 1. The summed E-state index contributed by atoms with van der Waals surface area (Å²) in [6.07, 6.45) is 3.17. The maximum atomic E-state index is 11.6. The van der Waals surface area contributed by atoms with Gasteiger partial charge in [0, 0.05) is 22.3 Å². The third-order valence-electron chi connectivity index (χ3n) is 4.37. The topological polar surface area (TPSA) is 103 Å². The number of hydrogen-bond donors (Lipinski definition) is 1. The first kappa shape index (κ1) is 21.0. The van der Waals surface area contributed by atoms with Gasteiger partial charge in [-0.3, -0.25) is 9.48 Å². The van der Waals surface area contributed by atoms with E-state index in [1.807, 2.05) is 30.3 Å². The molecule has 3 rings (SSSR count). The van der Waals surface area contributed by atoms with Crippen LogP contribution in [0.1, 0.15) is 11.1 Å². The third-order valence-corrected chi connectivity index (χ3v) is 4.60. The van der Waals surface area contributed by atoms with Crippen molar-refractivity contribution in [2.75, 3.05) is 14.2 Å². The van der Waals surface area contributed by atoms with Crippen LogP contribution in [-0.2, 0) is 11.3 Å². The molecule has 8 heteroatoms. The molecular weight excluding hydrogens is 404 g/mol. The van der Waals surface area contributed by atoms with Crippen molar-refractivity contribution in [3.05, 3.63) is 70.4 Å². The van der Waals surface area contributed by atoms with E-state index < -0.39 is 5.91 Å². The second-order valence-corrected chi connectivity index (χ2v) is 6.80. The first-order valence-electron chi connectivity index (χ1n) is 8.91. The maximum Gasteiger partial charge on any atom is 0.259 e. The number of aromatic nitrogens is 2. The van der Waals surface area contributed by atoms with Gasteiger partial charge in [0.1, 0.15) is 11.6 Å². The molecule has 0 spiro atoms. The standard InChI is InChI=1S/C22H19ClN4O3/c1-29-19-7-6-15(10-20(19)30-2)21-17(9-16(11-24)22(25)28)13-27(26-21)12-14-4-3-5-18(23)8-14/h3-10,13H,12H2,1-2H3,(H2,25,28). The van der Waals surface area contributed by atoms with Gasteiger partial charge in [0.15, 0.2) is 11.5 Å². The Hall–Kier alpha value is -3.76. The zero-order chi connectivity index (χ0) is 21.7. The number of nitriles is 1. The van der Waals surface area contributed by atoms with Crippen LogP contribution >= 0.6 is 11.6 Å². The quantitative estimate of drug-likeness (QED) is 0.462. The van der Waals surface area contributed by atoms with Crippen molar-refractivity contribution in [1.82, 2.24) is 9.78 Å². The number of ether oxygens (including phenoxy) is 2. The molecule has 0 unspecified atom stereocenters. The van der Waals surface area contributed by atoms with E-state index in [-0.39, 0.29) is 5.57 Å². The molecule has 0 bridgehead atoms. The van der Waals surface area contributed by atoms with Gasteiger partial charge in [-0.15, -0.1) is 0 Å². The molecule has 0 saturated carbocycles. The second-order valence-electron chi connectivity index (χ2n) is 6.36. The molecule has 2 N–H and O–H groups in total. The molecule has 0 radical (unpaired) electrons. The van der Waals surface area contributed by atoms with Crippen molar-refractivity contribution < 1.29 is 14.3 Å². The third kappa shape index (κ3) is 4.62. The highest BCUT2D eigenvalue weighted by Crippen LogP contribution is 2.33. The van der Waals surface area contributed by atoms with Crippen LogP contribution < -0.4 is 15.2 Å². The lowest BCUT2D eigenvalue weighted by atomic mass is 10.1. The summed E-state index contributed by atoms with van der Waals surface area (Å²) in [5, 5.41) is 14.5. The molecule has 0 saturated heterocycles. The number of amides is 1. The van der Waals surface area contributed by atoms with E-state index in [0.717, 1.165) is 11.1 Å². The minimum atomic E-state index is -0.807. The van der Waals surface area contributed by atoms with E-state index in [2.05, 4.69) is 5.10 Å². The molecule has 7 nitrogen and oxygen atoms in total. The van der Waals surface area contributed by atoms with E-state index in [4.69, 9.17) is 26.8 Å². The Morgan fingerprint density at radius 1 is 1.23 bits per heavy atom. The summed E-state index contributed by atoms with van der Waals surface area (Å²) in [4.78, 5) is 11.6. The molecule has 0 fully saturated rings. The lowest BCUT2D eigenvalue weighted by Gasteiger charge is -2.09. The lowest BCUT2D eigenvalue weighted by molar-refractivity contribution is -0.114. The number of primary amides is 1. The van der Waals surface area contributed by atoms with Crippen molar-refractivity contribution in [2.24, 2.45) is 5.73 Å². The summed E-state index contributed by atoms with van der Waals surface area (Å²) in [7, 11) is 3.10. The number of methoxy groups -OCH3 is 2. The Balaban J connectivity index is 2.11. The van der Waals surface area contributed by atoms with Gasteiger partial charge >= 0.3 is 0 Å². The summed E-state index contributed by atoms with van der Waals surface area (Å²) in [6.45, 7) is 0.452. The molecule has 0 atom stereocenters. The number of carbonyl (C=O) groups excluding carboxylic acids is 1. The predicted octanol–water partition coefficient (Wildman–Crippen LogP) is 3.66. The van der Waals surface area contributed by atoms with Gasteiger partial charge in [0.25, 0.3) is 5.91 Å². The van der Waals surface area contributed by atoms with Crippen molar-refractivity contribution in [2.45, 2.75) is 6.54 Å². The van der Waals surface area contributed by atoms with Gasteiger partial charge in [-0.1, -0.05) is 23.7 Å². The first-order valence-corrected chi connectivity index (χ1v) is 9.29. The van der Waals surface area contributed by atoms with Crippen LogP contribution in [-0.4, -0.2) is 29.9 Å². The van der Waals surface area contributed by atoms with Gasteiger partial charge in [-0.05, 0) is 42.0 Å². The highest BCUT2D eigenvalue weighted by molar-refractivity contribution is 6.30. The molecule has 3 aromatic rings. The largest absolute Gasteiger partial charge is 0.493 e. The van der Waals surface area contributed by atoms with Crippen LogP contribution in [0.3, 0.4) is 0 Å². The minimum Gasteiger partial charge on any atom is -0.493 e. The average molecular weight is 423 g/mol. The number of halogens is 1. The summed E-state index contributed by atoms with van der Waals surface area (Å²) < 4.78 is 12.4. The fourth-order valence-corrected chi connectivity index (χ4v) is 3.18. The van der Waals surface area contributed by atoms with Crippen molar-refractivity contribution in [3.8, 4) is 28.8 Å². The van der Waals surface area contributed by atoms with Crippen LogP contribution in [0.4, 0.5) is 0 Å². The van der Waals surface area contributed by atoms with Crippen molar-refractivity contribution in [1.29, 1.82) is 5.26 Å². The van der Waals surface area contributed by atoms with Crippen molar-refractivity contribution >= 4 is 23.6 Å². The second kappa shape index (κ2) is 9.16. The van der Waals surface area contributed by atoms with Gasteiger partial charge in [0.2, 0.25) is 0 Å². The number of hydrogen-bond acceptors (Lipinski definition) is 5. The summed E-state index contributed by atoms with van der Waals surface area (Å²) in [6, 6.07) is 14.6. The predicted molar refractivity (Wildman–Crippen MR) is 114 cm³/mol. The lowest BCUT2D eigenvalue weighted by Crippen LogP contribution is -2.12. The van der Waals surface area contributed by atoms with Gasteiger partial charge in [0.05, 0.1) is 26.5 Å². The van der Waals surface area contributed by atoms with Crippen LogP contribution in [0.25, 0.3) is 17.3 Å². The number of benzene rings is 2. The van der Waals surface area contributed by atoms with Gasteiger partial charge in [-0.25, -0.2) is 0 Å². The van der Waals surface area contributed by atoms with E-state index in [1.54, 1.807) is 43.3 Å².